The molecule has 0 aliphatic carbocycles. The zero-order chi connectivity index (χ0) is 17.2. The fourth-order valence-corrected chi connectivity index (χ4v) is 3.55. The first-order valence-electron chi connectivity index (χ1n) is 8.52. The Morgan fingerprint density at radius 1 is 1.12 bits per heavy atom. The number of nitrogens with zero attached hydrogens (tertiary/aromatic N) is 2. The van der Waals surface area contributed by atoms with Gasteiger partial charge in [-0.15, -0.1) is 0 Å². The van der Waals surface area contributed by atoms with Gasteiger partial charge in [-0.3, -0.25) is 5.32 Å². The molecular formula is C20H21N3O2. The van der Waals surface area contributed by atoms with Crippen LogP contribution in [0.1, 0.15) is 23.6 Å². The lowest BCUT2D eigenvalue weighted by molar-refractivity contribution is 0.139. The predicted molar refractivity (Wildman–Crippen MR) is 96.2 cm³/mol. The molecule has 2 heterocycles. The standard InChI is InChI=1S/C20H21N3O2/c24-16-8-4-5-14(11-16)12-23-13-22-18(15-6-2-1-3-7-15)19(23)17-9-10-21-20(17)25/h1-8,11,13,17,20-21,24-25H,9-10,12H2. The van der Waals surface area contributed by atoms with Crippen LogP contribution in [0.25, 0.3) is 11.3 Å². The van der Waals surface area contributed by atoms with Gasteiger partial charge in [0.05, 0.1) is 17.7 Å². The summed E-state index contributed by atoms with van der Waals surface area (Å²) in [7, 11) is 0. The third-order valence-electron chi connectivity index (χ3n) is 4.73. The lowest BCUT2D eigenvalue weighted by atomic mass is 9.97. The molecule has 3 N–H and O–H groups in total. The summed E-state index contributed by atoms with van der Waals surface area (Å²) >= 11 is 0. The molecule has 5 heteroatoms. The van der Waals surface area contributed by atoms with Crippen molar-refractivity contribution in [2.45, 2.75) is 25.1 Å². The molecule has 4 rings (SSSR count). The van der Waals surface area contributed by atoms with Crippen LogP contribution in [0.4, 0.5) is 0 Å². The Bertz CT molecular complexity index is 860. The van der Waals surface area contributed by atoms with E-state index in [0.29, 0.717) is 6.54 Å². The highest BCUT2D eigenvalue weighted by Crippen LogP contribution is 2.34. The lowest BCUT2D eigenvalue weighted by Crippen LogP contribution is -2.26. The topological polar surface area (TPSA) is 70.3 Å². The highest BCUT2D eigenvalue weighted by atomic mass is 16.3. The van der Waals surface area contributed by atoms with Crippen LogP contribution >= 0.6 is 0 Å². The second-order valence-electron chi connectivity index (χ2n) is 6.44. The summed E-state index contributed by atoms with van der Waals surface area (Å²) in [6.07, 6.45) is 2.13. The van der Waals surface area contributed by atoms with Crippen molar-refractivity contribution in [2.24, 2.45) is 0 Å². The summed E-state index contributed by atoms with van der Waals surface area (Å²) < 4.78 is 2.08. The number of aromatic hydroxyl groups is 1. The molecule has 2 atom stereocenters. The third-order valence-corrected chi connectivity index (χ3v) is 4.73. The van der Waals surface area contributed by atoms with E-state index in [1.165, 1.54) is 0 Å². The molecule has 128 valence electrons. The van der Waals surface area contributed by atoms with Gasteiger partial charge in [-0.05, 0) is 30.7 Å². The zero-order valence-electron chi connectivity index (χ0n) is 13.8. The summed E-state index contributed by atoms with van der Waals surface area (Å²) in [6, 6.07) is 17.3. The quantitative estimate of drug-likeness (QED) is 0.686. The Kier molecular flexibility index (Phi) is 4.26. The fourth-order valence-electron chi connectivity index (χ4n) is 3.55. The second-order valence-corrected chi connectivity index (χ2v) is 6.44. The number of rotatable bonds is 4. The maximum absolute atomic E-state index is 10.4. The molecule has 5 nitrogen and oxygen atoms in total. The van der Waals surface area contributed by atoms with Gasteiger partial charge < -0.3 is 14.8 Å². The predicted octanol–water partition coefficient (Wildman–Crippen LogP) is 2.70. The van der Waals surface area contributed by atoms with E-state index in [2.05, 4.69) is 14.9 Å². The Balaban J connectivity index is 1.77. The van der Waals surface area contributed by atoms with E-state index in [0.717, 1.165) is 35.5 Å². The van der Waals surface area contributed by atoms with Crippen molar-refractivity contribution in [3.8, 4) is 17.0 Å². The van der Waals surface area contributed by atoms with E-state index in [1.54, 1.807) is 12.1 Å². The van der Waals surface area contributed by atoms with Crippen LogP contribution in [0, 0.1) is 0 Å². The van der Waals surface area contributed by atoms with Crippen molar-refractivity contribution in [3.63, 3.8) is 0 Å². The van der Waals surface area contributed by atoms with Crippen LogP contribution in [-0.4, -0.2) is 32.5 Å². The second kappa shape index (κ2) is 6.70. The van der Waals surface area contributed by atoms with Gasteiger partial charge in [-0.25, -0.2) is 4.98 Å². The molecule has 1 saturated heterocycles. The van der Waals surface area contributed by atoms with E-state index in [4.69, 9.17) is 0 Å². The SMILES string of the molecule is Oc1cccc(Cn2cnc(-c3ccccc3)c2C2CCNC2O)c1. The Morgan fingerprint density at radius 3 is 2.68 bits per heavy atom. The molecule has 0 radical (unpaired) electrons. The number of phenolic OH excluding ortho intramolecular Hbond substituents is 1. The highest BCUT2D eigenvalue weighted by Gasteiger charge is 2.31. The normalized spacial score (nSPS) is 20.0. The van der Waals surface area contributed by atoms with Gasteiger partial charge in [-0.2, -0.15) is 0 Å². The number of phenols is 1. The average Bonchev–Trinajstić information content (AvgIpc) is 3.21. The minimum Gasteiger partial charge on any atom is -0.508 e. The van der Waals surface area contributed by atoms with Gasteiger partial charge in [0.2, 0.25) is 0 Å². The summed E-state index contributed by atoms with van der Waals surface area (Å²) in [4.78, 5) is 4.65. The van der Waals surface area contributed by atoms with E-state index >= 15 is 0 Å². The van der Waals surface area contributed by atoms with Crippen LogP contribution in [0.5, 0.6) is 5.75 Å². The van der Waals surface area contributed by atoms with Gasteiger partial charge in [0.1, 0.15) is 12.0 Å². The van der Waals surface area contributed by atoms with Gasteiger partial charge in [0, 0.05) is 18.0 Å². The first kappa shape index (κ1) is 15.9. The van der Waals surface area contributed by atoms with Crippen LogP contribution in [0.3, 0.4) is 0 Å². The molecular weight excluding hydrogens is 314 g/mol. The molecule has 0 bridgehead atoms. The summed E-state index contributed by atoms with van der Waals surface area (Å²) in [5.74, 6) is 0.250. The molecule has 2 unspecified atom stereocenters. The van der Waals surface area contributed by atoms with E-state index in [1.807, 2.05) is 48.8 Å². The monoisotopic (exact) mass is 335 g/mol. The first-order valence-corrected chi connectivity index (χ1v) is 8.52. The Morgan fingerprint density at radius 2 is 1.96 bits per heavy atom. The van der Waals surface area contributed by atoms with Gasteiger partial charge >= 0.3 is 0 Å². The third kappa shape index (κ3) is 3.16. The maximum Gasteiger partial charge on any atom is 0.115 e. The van der Waals surface area contributed by atoms with Crippen molar-refractivity contribution in [3.05, 3.63) is 72.2 Å². The molecule has 1 aliphatic rings. The molecule has 2 aromatic carbocycles. The number of hydrogen-bond donors (Lipinski definition) is 3. The van der Waals surface area contributed by atoms with Gasteiger partial charge in [0.15, 0.2) is 0 Å². The minimum atomic E-state index is -0.568. The molecule has 25 heavy (non-hydrogen) atoms. The fraction of sp³-hybridized carbons (Fsp3) is 0.250. The van der Waals surface area contributed by atoms with E-state index in [9.17, 15) is 10.2 Å². The number of nitrogens with one attached hydrogen (secondary N) is 1. The van der Waals surface area contributed by atoms with Crippen molar-refractivity contribution in [1.29, 1.82) is 0 Å². The Hall–Kier alpha value is -2.63. The summed E-state index contributed by atoms with van der Waals surface area (Å²) in [5.41, 5.74) is 3.99. The number of aliphatic hydroxyl groups excluding tert-OH is 1. The Labute approximate surface area is 146 Å². The highest BCUT2D eigenvalue weighted by molar-refractivity contribution is 5.63. The molecule has 1 fully saturated rings. The largest absolute Gasteiger partial charge is 0.508 e. The van der Waals surface area contributed by atoms with Crippen LogP contribution < -0.4 is 5.32 Å². The van der Waals surface area contributed by atoms with Crippen LogP contribution in [-0.2, 0) is 6.54 Å². The van der Waals surface area contributed by atoms with Crippen molar-refractivity contribution < 1.29 is 10.2 Å². The van der Waals surface area contributed by atoms with E-state index in [-0.39, 0.29) is 11.7 Å². The molecule has 0 spiro atoms. The number of imidazole rings is 1. The smallest absolute Gasteiger partial charge is 0.115 e. The average molecular weight is 335 g/mol. The number of hydrogen-bond acceptors (Lipinski definition) is 4. The van der Waals surface area contributed by atoms with Gasteiger partial charge in [-0.1, -0.05) is 42.5 Å². The molecule has 3 aromatic rings. The summed E-state index contributed by atoms with van der Waals surface area (Å²) in [5, 5.41) is 23.2. The maximum atomic E-state index is 10.4. The van der Waals surface area contributed by atoms with Crippen LogP contribution in [0.15, 0.2) is 60.9 Å². The molecule has 1 aliphatic heterocycles. The van der Waals surface area contributed by atoms with Crippen molar-refractivity contribution >= 4 is 0 Å². The molecule has 0 amide bonds. The van der Waals surface area contributed by atoms with Crippen molar-refractivity contribution in [2.75, 3.05) is 6.54 Å². The van der Waals surface area contributed by atoms with Gasteiger partial charge in [0.25, 0.3) is 0 Å². The summed E-state index contributed by atoms with van der Waals surface area (Å²) in [6.45, 7) is 1.39. The molecule has 0 saturated carbocycles. The number of aliphatic hydroxyl groups is 1. The van der Waals surface area contributed by atoms with Crippen LogP contribution in [0.2, 0.25) is 0 Å². The minimum absolute atomic E-state index is 0.00462. The number of aromatic nitrogens is 2. The van der Waals surface area contributed by atoms with Crippen molar-refractivity contribution in [1.82, 2.24) is 14.9 Å². The number of benzene rings is 2. The molecule has 1 aromatic heterocycles. The first-order chi connectivity index (χ1) is 12.2. The van der Waals surface area contributed by atoms with E-state index < -0.39 is 6.23 Å². The zero-order valence-corrected chi connectivity index (χ0v) is 13.8. The lowest BCUT2D eigenvalue weighted by Gasteiger charge is -2.19.